The Balaban J connectivity index is 2.39. The summed E-state index contributed by atoms with van der Waals surface area (Å²) in [5, 5.41) is 9.25. The fourth-order valence-electron chi connectivity index (χ4n) is 2.40. The number of nitrogens with two attached hydrogens (primary N) is 1. The Bertz CT molecular complexity index is 771. The lowest BCUT2D eigenvalue weighted by atomic mass is 10.1. The van der Waals surface area contributed by atoms with Crippen LogP contribution in [-0.2, 0) is 7.05 Å². The maximum absolute atomic E-state index is 5.63. The summed E-state index contributed by atoms with van der Waals surface area (Å²) in [7, 11) is 3.74. The van der Waals surface area contributed by atoms with Crippen LogP contribution in [-0.4, -0.2) is 7.11 Å². The number of benzene rings is 2. The molecule has 0 aliphatic rings. The van der Waals surface area contributed by atoms with E-state index in [4.69, 9.17) is 9.88 Å². The average molecular weight is 271 g/mol. The molecule has 0 amide bonds. The Labute approximate surface area is 116 Å². The minimum atomic E-state index is 0.876. The van der Waals surface area contributed by atoms with Crippen LogP contribution < -0.4 is 14.4 Å². The maximum atomic E-state index is 5.63. The van der Waals surface area contributed by atoms with E-state index in [0.717, 1.165) is 10.6 Å². The van der Waals surface area contributed by atoms with Crippen LogP contribution in [0.5, 0.6) is 5.75 Å². The van der Waals surface area contributed by atoms with Crippen LogP contribution in [0.1, 0.15) is 0 Å². The standard InChI is InChI=1S/C15H15N2OS/c1-17-9-10-7-11(18-2)3-5-13(10)14-6-4-12(19-16)8-15(14)17/h3-9H,16H2,1-2H3/q+1. The SMILES string of the molecule is COc1ccc2c(c1)c[n+](C)c1cc(SN)ccc21. The molecule has 2 aromatic carbocycles. The lowest BCUT2D eigenvalue weighted by Crippen LogP contribution is -2.28. The molecule has 0 bridgehead atoms. The number of rotatable bonds is 2. The van der Waals surface area contributed by atoms with E-state index in [2.05, 4.69) is 41.1 Å². The summed E-state index contributed by atoms with van der Waals surface area (Å²) in [4.78, 5) is 1.07. The van der Waals surface area contributed by atoms with Crippen molar-refractivity contribution in [2.45, 2.75) is 4.90 Å². The fourth-order valence-corrected chi connectivity index (χ4v) is 2.73. The summed E-state index contributed by atoms with van der Waals surface area (Å²) in [6.07, 6.45) is 2.12. The second-order valence-corrected chi connectivity index (χ2v) is 5.20. The van der Waals surface area contributed by atoms with Gasteiger partial charge in [-0.1, -0.05) is 0 Å². The number of hydrogen-bond donors (Lipinski definition) is 1. The molecule has 4 heteroatoms. The topological polar surface area (TPSA) is 39.1 Å². The quantitative estimate of drug-likeness (QED) is 0.442. The van der Waals surface area contributed by atoms with Gasteiger partial charge in [0.15, 0.2) is 6.20 Å². The molecular formula is C15H15N2OS+. The lowest BCUT2D eigenvalue weighted by molar-refractivity contribution is -0.643. The summed E-state index contributed by atoms with van der Waals surface area (Å²) in [5.41, 5.74) is 1.17. The molecule has 3 nitrogen and oxygen atoms in total. The number of ether oxygens (including phenoxy) is 1. The van der Waals surface area contributed by atoms with Crippen LogP contribution in [0, 0.1) is 0 Å². The first kappa shape index (κ1) is 12.3. The van der Waals surface area contributed by atoms with Gasteiger partial charge >= 0.3 is 0 Å². The van der Waals surface area contributed by atoms with Crippen molar-refractivity contribution in [2.24, 2.45) is 12.2 Å². The molecule has 0 spiro atoms. The van der Waals surface area contributed by atoms with E-state index >= 15 is 0 Å². The molecule has 0 saturated heterocycles. The smallest absolute Gasteiger partial charge is 0.214 e. The first-order valence-corrected chi connectivity index (χ1v) is 6.88. The lowest BCUT2D eigenvalue weighted by Gasteiger charge is -2.06. The van der Waals surface area contributed by atoms with Crippen LogP contribution >= 0.6 is 11.9 Å². The summed E-state index contributed by atoms with van der Waals surface area (Å²) in [6, 6.07) is 12.4. The zero-order chi connectivity index (χ0) is 13.4. The van der Waals surface area contributed by atoms with Crippen molar-refractivity contribution in [3.8, 4) is 5.75 Å². The summed E-state index contributed by atoms with van der Waals surface area (Å²) in [6.45, 7) is 0. The molecule has 0 atom stereocenters. The van der Waals surface area contributed by atoms with Gasteiger partial charge in [0, 0.05) is 16.3 Å². The van der Waals surface area contributed by atoms with Gasteiger partial charge in [-0.3, -0.25) is 5.14 Å². The van der Waals surface area contributed by atoms with E-state index in [-0.39, 0.29) is 0 Å². The number of pyridine rings is 1. The number of nitrogens with zero attached hydrogens (tertiary/aromatic N) is 1. The van der Waals surface area contributed by atoms with Crippen molar-refractivity contribution in [2.75, 3.05) is 7.11 Å². The number of aryl methyl sites for hydroxylation is 1. The molecule has 0 unspecified atom stereocenters. The summed E-state index contributed by atoms with van der Waals surface area (Å²) >= 11 is 1.27. The van der Waals surface area contributed by atoms with Gasteiger partial charge in [-0.2, -0.15) is 0 Å². The van der Waals surface area contributed by atoms with Crippen LogP contribution in [0.3, 0.4) is 0 Å². The minimum Gasteiger partial charge on any atom is -0.497 e. The van der Waals surface area contributed by atoms with Crippen LogP contribution in [0.2, 0.25) is 0 Å². The van der Waals surface area contributed by atoms with Gasteiger partial charge in [0.25, 0.3) is 0 Å². The zero-order valence-corrected chi connectivity index (χ0v) is 11.7. The fraction of sp³-hybridized carbons (Fsp3) is 0.133. The Hall–Kier alpha value is -1.78. The molecule has 3 rings (SSSR count). The maximum Gasteiger partial charge on any atom is 0.214 e. The van der Waals surface area contributed by atoms with E-state index < -0.39 is 0 Å². The monoisotopic (exact) mass is 271 g/mol. The Morgan fingerprint density at radius 3 is 2.63 bits per heavy atom. The Morgan fingerprint density at radius 1 is 1.11 bits per heavy atom. The van der Waals surface area contributed by atoms with E-state index in [1.807, 2.05) is 13.1 Å². The third-order valence-electron chi connectivity index (χ3n) is 3.37. The van der Waals surface area contributed by atoms with Gasteiger partial charge in [0.2, 0.25) is 5.52 Å². The first-order chi connectivity index (χ1) is 9.22. The number of aromatic nitrogens is 1. The van der Waals surface area contributed by atoms with Crippen LogP contribution in [0.4, 0.5) is 0 Å². The van der Waals surface area contributed by atoms with Crippen molar-refractivity contribution >= 4 is 33.6 Å². The van der Waals surface area contributed by atoms with E-state index in [0.29, 0.717) is 0 Å². The highest BCUT2D eigenvalue weighted by atomic mass is 32.2. The second-order valence-electron chi connectivity index (χ2n) is 4.49. The molecule has 1 aromatic heterocycles. The molecule has 0 aliphatic carbocycles. The van der Waals surface area contributed by atoms with Crippen molar-refractivity contribution in [3.05, 3.63) is 42.6 Å². The predicted molar refractivity (Wildman–Crippen MR) is 79.2 cm³/mol. The van der Waals surface area contributed by atoms with Crippen molar-refractivity contribution in [1.82, 2.24) is 0 Å². The number of hydrogen-bond acceptors (Lipinski definition) is 3. The molecule has 0 aliphatic heterocycles. The Morgan fingerprint density at radius 2 is 1.89 bits per heavy atom. The zero-order valence-electron chi connectivity index (χ0n) is 10.9. The molecule has 3 aromatic rings. The van der Waals surface area contributed by atoms with Crippen LogP contribution in [0.15, 0.2) is 47.5 Å². The van der Waals surface area contributed by atoms with Crippen molar-refractivity contribution < 1.29 is 9.30 Å². The highest BCUT2D eigenvalue weighted by Gasteiger charge is 2.11. The third-order valence-corrected chi connectivity index (χ3v) is 3.89. The van der Waals surface area contributed by atoms with Gasteiger partial charge in [0.05, 0.1) is 17.9 Å². The van der Waals surface area contributed by atoms with E-state index in [1.54, 1.807) is 7.11 Å². The second kappa shape index (κ2) is 4.72. The van der Waals surface area contributed by atoms with Crippen molar-refractivity contribution in [3.63, 3.8) is 0 Å². The predicted octanol–water partition coefficient (Wildman–Crippen LogP) is 2.79. The van der Waals surface area contributed by atoms with Crippen molar-refractivity contribution in [1.29, 1.82) is 0 Å². The van der Waals surface area contributed by atoms with E-state index in [9.17, 15) is 0 Å². The largest absolute Gasteiger partial charge is 0.497 e. The van der Waals surface area contributed by atoms with Gasteiger partial charge in [-0.15, -0.1) is 0 Å². The minimum absolute atomic E-state index is 0.876. The highest BCUT2D eigenvalue weighted by Crippen LogP contribution is 2.27. The first-order valence-electron chi connectivity index (χ1n) is 6.00. The molecular weight excluding hydrogens is 256 g/mol. The highest BCUT2D eigenvalue weighted by molar-refractivity contribution is 7.97. The third kappa shape index (κ3) is 2.03. The molecule has 0 radical (unpaired) electrons. The van der Waals surface area contributed by atoms with Crippen LogP contribution in [0.25, 0.3) is 21.7 Å². The number of fused-ring (bicyclic) bond motifs is 3. The van der Waals surface area contributed by atoms with Gasteiger partial charge in [-0.05, 0) is 42.3 Å². The molecule has 2 N–H and O–H groups in total. The Kier molecular flexibility index (Phi) is 3.05. The molecule has 96 valence electrons. The molecule has 1 heterocycles. The molecule has 0 fully saturated rings. The normalized spacial score (nSPS) is 11.1. The van der Waals surface area contributed by atoms with E-state index in [1.165, 1.54) is 33.6 Å². The average Bonchev–Trinajstić information content (AvgIpc) is 2.46. The molecule has 0 saturated carbocycles. The summed E-state index contributed by atoms with van der Waals surface area (Å²) in [5.74, 6) is 0.876. The van der Waals surface area contributed by atoms with Gasteiger partial charge < -0.3 is 4.74 Å². The number of methoxy groups -OCH3 is 1. The molecule has 19 heavy (non-hydrogen) atoms. The summed E-state index contributed by atoms with van der Waals surface area (Å²) < 4.78 is 7.40. The van der Waals surface area contributed by atoms with Gasteiger partial charge in [-0.25, -0.2) is 4.57 Å². The van der Waals surface area contributed by atoms with Gasteiger partial charge in [0.1, 0.15) is 12.8 Å².